The third-order valence-electron chi connectivity index (χ3n) is 8.71. The maximum atomic E-state index is 15.1. The smallest absolute Gasteiger partial charge is 0.162 e. The predicted molar refractivity (Wildman–Crippen MR) is 133 cm³/mol. The predicted octanol–water partition coefficient (Wildman–Crippen LogP) is 9.59. The van der Waals surface area contributed by atoms with Gasteiger partial charge in [-0.05, 0) is 93.1 Å². The molecule has 194 valence electrons. The van der Waals surface area contributed by atoms with Crippen LogP contribution in [-0.2, 0) is 4.74 Å². The number of benzene rings is 1. The molecule has 3 aliphatic carbocycles. The third kappa shape index (κ3) is 6.03. The van der Waals surface area contributed by atoms with Crippen LogP contribution in [0.4, 0.5) is 17.6 Å². The molecule has 0 amide bonds. The van der Waals surface area contributed by atoms with Gasteiger partial charge >= 0.3 is 0 Å². The highest BCUT2D eigenvalue weighted by molar-refractivity contribution is 5.33. The molecule has 0 aromatic heterocycles. The molecular weight excluding hydrogens is 452 g/mol. The lowest BCUT2D eigenvalue weighted by Crippen LogP contribution is -2.23. The van der Waals surface area contributed by atoms with Gasteiger partial charge in [-0.3, -0.25) is 0 Å². The molecular formula is C30H40F4O. The van der Waals surface area contributed by atoms with Gasteiger partial charge in [0.05, 0.1) is 12.7 Å². The number of rotatable bonds is 8. The van der Waals surface area contributed by atoms with E-state index >= 15 is 8.78 Å². The highest BCUT2D eigenvalue weighted by Crippen LogP contribution is 2.42. The first kappa shape index (κ1) is 26.4. The second kappa shape index (κ2) is 12.1. The summed E-state index contributed by atoms with van der Waals surface area (Å²) in [6.45, 7) is 4.11. The van der Waals surface area contributed by atoms with Crippen LogP contribution in [-0.4, -0.2) is 12.7 Å². The molecule has 1 nitrogen and oxygen atoms in total. The standard InChI is InChI=1S/C30H40F4O/c1-3-5-19-6-8-21(9-7-19)25-16-17-26(30(34)29(25)33)22-12-14-24(15-13-22)35-18-23-11-10-20(4-2)27(31)28(23)32/h11,16-17,19-22,24H,3-10,12-15,18H2,1-2H3/t19?,20-,21?,22?,24?/m0/s1. The molecule has 0 unspecified atom stereocenters. The zero-order valence-electron chi connectivity index (χ0n) is 21.2. The van der Waals surface area contributed by atoms with E-state index in [2.05, 4.69) is 6.92 Å². The minimum Gasteiger partial charge on any atom is -0.373 e. The third-order valence-corrected chi connectivity index (χ3v) is 8.71. The molecule has 2 saturated carbocycles. The van der Waals surface area contributed by atoms with E-state index in [1.54, 1.807) is 12.1 Å². The Morgan fingerprint density at radius 1 is 0.800 bits per heavy atom. The highest BCUT2D eigenvalue weighted by atomic mass is 19.2. The molecule has 0 bridgehead atoms. The molecule has 35 heavy (non-hydrogen) atoms. The molecule has 0 radical (unpaired) electrons. The zero-order chi connectivity index (χ0) is 24.9. The number of halogens is 4. The number of allylic oxidation sites excluding steroid dienone is 2. The zero-order valence-corrected chi connectivity index (χ0v) is 21.2. The summed E-state index contributed by atoms with van der Waals surface area (Å²) >= 11 is 0. The number of ether oxygens (including phenoxy) is 1. The highest BCUT2D eigenvalue weighted by Gasteiger charge is 2.30. The van der Waals surface area contributed by atoms with Gasteiger partial charge in [-0.2, -0.15) is 0 Å². The Bertz CT molecular complexity index is 921. The summed E-state index contributed by atoms with van der Waals surface area (Å²) in [5.41, 5.74) is 1.31. The quantitative estimate of drug-likeness (QED) is 0.328. The second-order valence-electron chi connectivity index (χ2n) is 10.9. The van der Waals surface area contributed by atoms with Crippen molar-refractivity contribution < 1.29 is 22.3 Å². The lowest BCUT2D eigenvalue weighted by molar-refractivity contribution is 0.0375. The van der Waals surface area contributed by atoms with Crippen molar-refractivity contribution in [3.63, 3.8) is 0 Å². The van der Waals surface area contributed by atoms with Gasteiger partial charge in [0, 0.05) is 11.5 Å². The van der Waals surface area contributed by atoms with E-state index in [-0.39, 0.29) is 30.5 Å². The van der Waals surface area contributed by atoms with E-state index in [0.29, 0.717) is 55.2 Å². The molecule has 1 aromatic rings. The summed E-state index contributed by atoms with van der Waals surface area (Å²) in [7, 11) is 0. The van der Waals surface area contributed by atoms with Crippen LogP contribution in [0.25, 0.3) is 0 Å². The van der Waals surface area contributed by atoms with E-state index in [9.17, 15) is 8.78 Å². The van der Waals surface area contributed by atoms with E-state index in [1.165, 1.54) is 12.8 Å². The molecule has 1 aromatic carbocycles. The van der Waals surface area contributed by atoms with Crippen molar-refractivity contribution in [1.29, 1.82) is 0 Å². The topological polar surface area (TPSA) is 9.23 Å². The molecule has 1 atom stereocenters. The molecule has 5 heteroatoms. The number of hydrogen-bond donors (Lipinski definition) is 0. The van der Waals surface area contributed by atoms with Crippen molar-refractivity contribution in [2.45, 2.75) is 109 Å². The maximum absolute atomic E-state index is 15.1. The molecule has 3 aliphatic rings. The van der Waals surface area contributed by atoms with Crippen molar-refractivity contribution in [2.24, 2.45) is 11.8 Å². The Morgan fingerprint density at radius 3 is 1.91 bits per heavy atom. The fraction of sp³-hybridized carbons (Fsp3) is 0.667. The van der Waals surface area contributed by atoms with Crippen molar-refractivity contribution in [3.8, 4) is 0 Å². The van der Waals surface area contributed by atoms with Crippen LogP contribution in [0.2, 0.25) is 0 Å². The van der Waals surface area contributed by atoms with Gasteiger partial charge in [-0.15, -0.1) is 0 Å². The van der Waals surface area contributed by atoms with Gasteiger partial charge in [0.15, 0.2) is 17.5 Å². The average Bonchev–Trinajstić information content (AvgIpc) is 2.88. The van der Waals surface area contributed by atoms with Crippen LogP contribution >= 0.6 is 0 Å². The summed E-state index contributed by atoms with van der Waals surface area (Å²) in [5, 5.41) is 0. The molecule has 0 spiro atoms. The molecule has 0 heterocycles. The first-order chi connectivity index (χ1) is 16.9. The molecule has 0 N–H and O–H groups in total. The van der Waals surface area contributed by atoms with Crippen molar-refractivity contribution in [2.75, 3.05) is 6.61 Å². The van der Waals surface area contributed by atoms with E-state index in [0.717, 1.165) is 31.6 Å². The molecule has 2 fully saturated rings. The Labute approximate surface area is 208 Å². The van der Waals surface area contributed by atoms with Crippen LogP contribution in [0.15, 0.2) is 35.4 Å². The summed E-state index contributed by atoms with van der Waals surface area (Å²) in [6.07, 6.45) is 12.1. The Hall–Kier alpha value is -1.62. The monoisotopic (exact) mass is 492 g/mol. The lowest BCUT2D eigenvalue weighted by atomic mass is 9.76. The second-order valence-corrected chi connectivity index (χ2v) is 10.9. The molecule has 0 saturated heterocycles. The van der Waals surface area contributed by atoms with Gasteiger partial charge in [0.1, 0.15) is 5.83 Å². The van der Waals surface area contributed by atoms with Gasteiger partial charge < -0.3 is 4.74 Å². The van der Waals surface area contributed by atoms with E-state index < -0.39 is 23.3 Å². The first-order valence-corrected chi connectivity index (χ1v) is 13.8. The summed E-state index contributed by atoms with van der Waals surface area (Å²) < 4.78 is 64.5. The van der Waals surface area contributed by atoms with Crippen molar-refractivity contribution >= 4 is 0 Å². The van der Waals surface area contributed by atoms with Crippen LogP contribution < -0.4 is 0 Å². The normalized spacial score (nSPS) is 29.9. The average molecular weight is 493 g/mol. The van der Waals surface area contributed by atoms with E-state index in [4.69, 9.17) is 4.74 Å². The van der Waals surface area contributed by atoms with Crippen LogP contribution in [0.5, 0.6) is 0 Å². The van der Waals surface area contributed by atoms with Gasteiger partial charge in [-0.25, -0.2) is 17.6 Å². The van der Waals surface area contributed by atoms with Crippen LogP contribution in [0.3, 0.4) is 0 Å². The summed E-state index contributed by atoms with van der Waals surface area (Å²) in [6, 6.07) is 3.63. The first-order valence-electron chi connectivity index (χ1n) is 13.8. The largest absolute Gasteiger partial charge is 0.373 e. The minimum absolute atomic E-state index is 0.0352. The summed E-state index contributed by atoms with van der Waals surface area (Å²) in [5.74, 6) is -2.31. The molecule has 0 aliphatic heterocycles. The lowest BCUT2D eigenvalue weighted by Gasteiger charge is -2.31. The summed E-state index contributed by atoms with van der Waals surface area (Å²) in [4.78, 5) is 0. The fourth-order valence-electron chi connectivity index (χ4n) is 6.41. The Balaban J connectivity index is 1.30. The van der Waals surface area contributed by atoms with Gasteiger partial charge in [0.25, 0.3) is 0 Å². The van der Waals surface area contributed by atoms with Crippen molar-refractivity contribution in [1.82, 2.24) is 0 Å². The maximum Gasteiger partial charge on any atom is 0.162 e. The SMILES string of the molecule is CCCC1CCC(c2ccc(C3CCC(OCC4=CC[C@H](CC)C(F)=C4F)CC3)c(F)c2F)CC1. The minimum atomic E-state index is -0.770. The van der Waals surface area contributed by atoms with Crippen molar-refractivity contribution in [3.05, 3.63) is 58.2 Å². The van der Waals surface area contributed by atoms with Crippen LogP contribution in [0, 0.1) is 23.5 Å². The number of hydrogen-bond acceptors (Lipinski definition) is 1. The Morgan fingerprint density at radius 2 is 1.37 bits per heavy atom. The van der Waals surface area contributed by atoms with Crippen LogP contribution in [0.1, 0.15) is 114 Å². The van der Waals surface area contributed by atoms with Gasteiger partial charge in [-0.1, -0.05) is 44.9 Å². The van der Waals surface area contributed by atoms with Gasteiger partial charge in [0.2, 0.25) is 0 Å². The fourth-order valence-corrected chi connectivity index (χ4v) is 6.41. The Kier molecular flexibility index (Phi) is 9.13. The molecule has 4 rings (SSSR count). The van der Waals surface area contributed by atoms with E-state index in [1.807, 2.05) is 13.0 Å².